The predicted octanol–water partition coefficient (Wildman–Crippen LogP) is 3.23. The van der Waals surface area contributed by atoms with Crippen molar-refractivity contribution in [3.8, 4) is 22.6 Å². The van der Waals surface area contributed by atoms with E-state index in [2.05, 4.69) is 30.6 Å². The number of halogens is 1. The Hall–Kier alpha value is -4.26. The molecular weight excluding hydrogens is 517 g/mol. The molecule has 0 spiro atoms. The quantitative estimate of drug-likeness (QED) is 0.220. The third-order valence-corrected chi connectivity index (χ3v) is 6.45. The number of aliphatic hydroxyl groups excluding tert-OH is 1. The zero-order valence-corrected chi connectivity index (χ0v) is 21.9. The molecule has 0 unspecified atom stereocenters. The fraction of sp³-hybridized carbons (Fsp3) is 0.321. The summed E-state index contributed by atoms with van der Waals surface area (Å²) in [6, 6.07) is 11.6. The van der Waals surface area contributed by atoms with Gasteiger partial charge in [0, 0.05) is 43.9 Å². The molecule has 12 heteroatoms. The molecule has 0 saturated carbocycles. The summed E-state index contributed by atoms with van der Waals surface area (Å²) >= 11 is 0. The number of amides is 1. The van der Waals surface area contributed by atoms with Crippen LogP contribution in [0.5, 0.6) is 0 Å². The van der Waals surface area contributed by atoms with Crippen LogP contribution in [0.2, 0.25) is 0 Å². The van der Waals surface area contributed by atoms with E-state index < -0.39 is 11.7 Å². The lowest BCUT2D eigenvalue weighted by atomic mass is 9.91. The summed E-state index contributed by atoms with van der Waals surface area (Å²) in [6.45, 7) is 2.87. The first kappa shape index (κ1) is 27.3. The number of carbonyl (C=O) groups is 1. The highest BCUT2D eigenvalue weighted by Gasteiger charge is 2.40. The molecule has 4 aromatic rings. The number of imidazole rings is 1. The van der Waals surface area contributed by atoms with Crippen LogP contribution in [0.25, 0.3) is 22.6 Å². The Kier molecular flexibility index (Phi) is 8.39. The van der Waals surface area contributed by atoms with Gasteiger partial charge in [-0.05, 0) is 61.4 Å². The zero-order chi connectivity index (χ0) is 28.0. The van der Waals surface area contributed by atoms with Gasteiger partial charge in [-0.2, -0.15) is 0 Å². The number of benzene rings is 1. The Morgan fingerprint density at radius 2 is 1.85 bits per heavy atom. The van der Waals surface area contributed by atoms with E-state index in [0.717, 1.165) is 5.56 Å². The highest BCUT2D eigenvalue weighted by Crippen LogP contribution is 2.35. The standard InChI is InChI=1S/C28H30FN7O4/c1-28(26(38)31-10-2-14-37)16-39-25(40-17-28)24-35-22(19-3-5-20(29)6-4-19)23(36-24)21-9-13-32-27(34-21)33-15-18-7-11-30-12-8-18/h3-9,11-13,25,37H,2,10,14-17H2,1H3,(H,31,38)(H,35,36)(H,32,33,34). The van der Waals surface area contributed by atoms with E-state index in [-0.39, 0.29) is 31.5 Å². The van der Waals surface area contributed by atoms with Crippen molar-refractivity contribution in [2.75, 3.05) is 31.7 Å². The number of H-pyrrole nitrogens is 1. The van der Waals surface area contributed by atoms with Crippen molar-refractivity contribution in [1.82, 2.24) is 30.2 Å². The van der Waals surface area contributed by atoms with Crippen LogP contribution >= 0.6 is 0 Å². The van der Waals surface area contributed by atoms with Gasteiger partial charge in [-0.1, -0.05) is 0 Å². The van der Waals surface area contributed by atoms with E-state index in [1.807, 2.05) is 12.1 Å². The molecule has 11 nitrogen and oxygen atoms in total. The number of hydrogen-bond donors (Lipinski definition) is 4. The van der Waals surface area contributed by atoms with Crippen LogP contribution in [0.4, 0.5) is 10.3 Å². The van der Waals surface area contributed by atoms with Crippen LogP contribution in [-0.2, 0) is 20.8 Å². The largest absolute Gasteiger partial charge is 0.396 e. The molecule has 4 N–H and O–H groups in total. The second-order valence-electron chi connectivity index (χ2n) is 9.67. The monoisotopic (exact) mass is 547 g/mol. The van der Waals surface area contributed by atoms with Crippen molar-refractivity contribution in [1.29, 1.82) is 0 Å². The number of pyridine rings is 1. The summed E-state index contributed by atoms with van der Waals surface area (Å²) in [7, 11) is 0. The Morgan fingerprint density at radius 3 is 2.58 bits per heavy atom. The van der Waals surface area contributed by atoms with Gasteiger partial charge >= 0.3 is 0 Å². The fourth-order valence-electron chi connectivity index (χ4n) is 4.16. The summed E-state index contributed by atoms with van der Waals surface area (Å²) in [6.07, 6.45) is 4.70. The van der Waals surface area contributed by atoms with Crippen molar-refractivity contribution in [3.63, 3.8) is 0 Å². The Bertz CT molecular complexity index is 1420. The summed E-state index contributed by atoms with van der Waals surface area (Å²) in [5.74, 6) is 0.242. The van der Waals surface area contributed by atoms with Gasteiger partial charge in [0.05, 0.1) is 35.7 Å². The normalized spacial score (nSPS) is 18.8. The molecule has 5 rings (SSSR count). The van der Waals surface area contributed by atoms with Gasteiger partial charge < -0.3 is 30.2 Å². The number of aliphatic hydroxyl groups is 1. The molecule has 40 heavy (non-hydrogen) atoms. The number of nitrogens with one attached hydrogen (secondary N) is 3. The van der Waals surface area contributed by atoms with E-state index in [1.165, 1.54) is 12.1 Å². The van der Waals surface area contributed by atoms with Crippen LogP contribution in [-0.4, -0.2) is 62.3 Å². The van der Waals surface area contributed by atoms with Crippen LogP contribution < -0.4 is 10.6 Å². The molecule has 1 aromatic carbocycles. The summed E-state index contributed by atoms with van der Waals surface area (Å²) in [5.41, 5.74) is 2.50. The van der Waals surface area contributed by atoms with Gasteiger partial charge in [-0.15, -0.1) is 0 Å². The Balaban J connectivity index is 1.38. The first-order valence-electron chi connectivity index (χ1n) is 12.9. The lowest BCUT2D eigenvalue weighted by Gasteiger charge is -2.35. The second-order valence-corrected chi connectivity index (χ2v) is 9.67. The van der Waals surface area contributed by atoms with E-state index >= 15 is 0 Å². The topological polar surface area (TPSA) is 147 Å². The van der Waals surface area contributed by atoms with Crippen LogP contribution in [0.1, 0.15) is 31.0 Å². The average molecular weight is 548 g/mol. The minimum absolute atomic E-state index is 0.00207. The van der Waals surface area contributed by atoms with Gasteiger partial charge in [-0.3, -0.25) is 9.78 Å². The smallest absolute Gasteiger partial charge is 0.230 e. The lowest BCUT2D eigenvalue weighted by Crippen LogP contribution is -2.48. The lowest BCUT2D eigenvalue weighted by molar-refractivity contribution is -0.231. The first-order valence-corrected chi connectivity index (χ1v) is 12.9. The molecule has 1 aliphatic rings. The maximum absolute atomic E-state index is 13.7. The van der Waals surface area contributed by atoms with Gasteiger partial charge in [0.15, 0.2) is 5.82 Å². The Labute approximate surface area is 230 Å². The summed E-state index contributed by atoms with van der Waals surface area (Å²) in [5, 5.41) is 15.0. The van der Waals surface area contributed by atoms with Crippen molar-refractivity contribution in [3.05, 3.63) is 78.3 Å². The highest BCUT2D eigenvalue weighted by atomic mass is 19.1. The maximum Gasteiger partial charge on any atom is 0.230 e. The van der Waals surface area contributed by atoms with Crippen molar-refractivity contribution < 1.29 is 23.8 Å². The van der Waals surface area contributed by atoms with Gasteiger partial charge in [-0.25, -0.2) is 19.3 Å². The highest BCUT2D eigenvalue weighted by molar-refractivity contribution is 5.82. The van der Waals surface area contributed by atoms with Crippen LogP contribution in [0.15, 0.2) is 61.1 Å². The number of ether oxygens (including phenoxy) is 2. The molecule has 1 amide bonds. The van der Waals surface area contributed by atoms with Crippen molar-refractivity contribution in [2.24, 2.45) is 5.41 Å². The molecule has 0 aliphatic carbocycles. The van der Waals surface area contributed by atoms with Crippen LogP contribution in [0, 0.1) is 11.2 Å². The minimum Gasteiger partial charge on any atom is -0.396 e. The third-order valence-electron chi connectivity index (χ3n) is 6.45. The minimum atomic E-state index is -0.886. The molecule has 3 aromatic heterocycles. The number of carbonyl (C=O) groups excluding carboxylic acids is 1. The van der Waals surface area contributed by atoms with Crippen molar-refractivity contribution in [2.45, 2.75) is 26.2 Å². The van der Waals surface area contributed by atoms with E-state index in [0.29, 0.717) is 53.9 Å². The predicted molar refractivity (Wildman–Crippen MR) is 144 cm³/mol. The molecule has 1 aliphatic heterocycles. The second kappa shape index (κ2) is 12.3. The number of hydrogen-bond acceptors (Lipinski definition) is 9. The van der Waals surface area contributed by atoms with Gasteiger partial charge in [0.25, 0.3) is 0 Å². The number of aromatic nitrogens is 5. The molecule has 0 bridgehead atoms. The molecule has 0 radical (unpaired) electrons. The molecule has 0 atom stereocenters. The Morgan fingerprint density at radius 1 is 1.10 bits per heavy atom. The maximum atomic E-state index is 13.7. The SMILES string of the molecule is CC1(C(=O)NCCCO)COC(c2nc(-c3ccc(F)cc3)c(-c3ccnc(NCc4ccncc4)n3)[nH]2)OC1. The molecular formula is C28H30FN7O4. The molecule has 1 saturated heterocycles. The summed E-state index contributed by atoms with van der Waals surface area (Å²) in [4.78, 5) is 33.7. The zero-order valence-electron chi connectivity index (χ0n) is 21.9. The van der Waals surface area contributed by atoms with Crippen molar-refractivity contribution >= 4 is 11.9 Å². The number of rotatable bonds is 10. The van der Waals surface area contributed by atoms with E-state index in [1.54, 1.807) is 43.7 Å². The average Bonchev–Trinajstić information content (AvgIpc) is 3.43. The van der Waals surface area contributed by atoms with E-state index in [9.17, 15) is 9.18 Å². The third kappa shape index (κ3) is 6.30. The summed E-state index contributed by atoms with van der Waals surface area (Å²) < 4.78 is 25.6. The molecule has 1 fully saturated rings. The van der Waals surface area contributed by atoms with E-state index in [4.69, 9.17) is 19.6 Å². The molecule has 208 valence electrons. The number of aromatic amines is 1. The van der Waals surface area contributed by atoms with Gasteiger partial charge in [0.1, 0.15) is 5.82 Å². The molecule has 4 heterocycles. The van der Waals surface area contributed by atoms with Gasteiger partial charge in [0.2, 0.25) is 18.1 Å². The first-order chi connectivity index (χ1) is 19.4. The number of nitrogens with zero attached hydrogens (tertiary/aromatic N) is 4. The van der Waals surface area contributed by atoms with Crippen LogP contribution in [0.3, 0.4) is 0 Å². The fourth-order valence-corrected chi connectivity index (χ4v) is 4.16. The number of anilines is 1.